The molecule has 0 aliphatic carbocycles. The number of aliphatic carboxylic acids is 1. The summed E-state index contributed by atoms with van der Waals surface area (Å²) in [6, 6.07) is 0. The second kappa shape index (κ2) is 9.87. The zero-order chi connectivity index (χ0) is 23.4. The van der Waals surface area contributed by atoms with E-state index in [1.54, 1.807) is 6.92 Å². The Morgan fingerprint density at radius 2 is 1.38 bits per heavy atom. The highest BCUT2D eigenvalue weighted by Crippen LogP contribution is 2.39. The topological polar surface area (TPSA) is 89.9 Å². The standard InChI is InChI=1S/C21H42O6Si2/c1-15(12-17(22)23)13-18(24)27-16(14-26-29(10,11)21(5,6)7)19(25)28(8,9)20(2,3)4/h15-16H,12-14H2,1-11H3,(H,22,23). The predicted octanol–water partition coefficient (Wildman–Crippen LogP) is 5.04. The van der Waals surface area contributed by atoms with Gasteiger partial charge < -0.3 is 19.1 Å². The third kappa shape index (κ3) is 8.34. The molecular formula is C21H42O6Si2. The molecule has 0 saturated heterocycles. The van der Waals surface area contributed by atoms with Crippen molar-refractivity contribution in [3.63, 3.8) is 0 Å². The fourth-order valence-electron chi connectivity index (χ4n) is 2.30. The van der Waals surface area contributed by atoms with Crippen LogP contribution in [-0.2, 0) is 23.5 Å². The first-order valence-electron chi connectivity index (χ1n) is 10.3. The van der Waals surface area contributed by atoms with E-state index in [0.29, 0.717) is 0 Å². The summed E-state index contributed by atoms with van der Waals surface area (Å²) < 4.78 is 11.8. The van der Waals surface area contributed by atoms with E-state index < -0.39 is 34.4 Å². The summed E-state index contributed by atoms with van der Waals surface area (Å²) in [5, 5.41) is 8.64. The third-order valence-corrected chi connectivity index (χ3v) is 16.3. The van der Waals surface area contributed by atoms with Crippen LogP contribution in [0.4, 0.5) is 0 Å². The van der Waals surface area contributed by atoms with Crippen molar-refractivity contribution < 1.29 is 28.7 Å². The molecule has 0 aliphatic rings. The molecule has 0 fully saturated rings. The highest BCUT2D eigenvalue weighted by Gasteiger charge is 2.47. The maximum Gasteiger partial charge on any atom is 0.306 e. The molecule has 1 N–H and O–H groups in total. The Morgan fingerprint density at radius 1 is 0.897 bits per heavy atom. The molecule has 0 aromatic heterocycles. The summed E-state index contributed by atoms with van der Waals surface area (Å²) in [5.74, 6) is -1.86. The van der Waals surface area contributed by atoms with Gasteiger partial charge in [-0.05, 0) is 29.1 Å². The molecule has 0 amide bonds. The zero-order valence-electron chi connectivity index (χ0n) is 20.3. The van der Waals surface area contributed by atoms with E-state index in [0.717, 1.165) is 0 Å². The Balaban J connectivity index is 5.53. The molecule has 0 saturated carbocycles. The number of hydrogen-bond donors (Lipinski definition) is 1. The number of hydrogen-bond acceptors (Lipinski definition) is 5. The van der Waals surface area contributed by atoms with Gasteiger partial charge in [-0.1, -0.05) is 61.6 Å². The maximum absolute atomic E-state index is 13.4. The fraction of sp³-hybridized carbons (Fsp3) is 0.857. The lowest BCUT2D eigenvalue weighted by atomic mass is 10.0. The summed E-state index contributed by atoms with van der Waals surface area (Å²) >= 11 is 0. The first-order chi connectivity index (χ1) is 12.7. The van der Waals surface area contributed by atoms with Gasteiger partial charge >= 0.3 is 11.9 Å². The van der Waals surface area contributed by atoms with Gasteiger partial charge in [0.2, 0.25) is 0 Å². The van der Waals surface area contributed by atoms with E-state index in [1.807, 2.05) is 33.9 Å². The number of carbonyl (C=O) groups is 3. The van der Waals surface area contributed by atoms with Crippen LogP contribution in [0, 0.1) is 5.92 Å². The average molecular weight is 447 g/mol. The van der Waals surface area contributed by atoms with Crippen LogP contribution in [0.3, 0.4) is 0 Å². The van der Waals surface area contributed by atoms with Crippen LogP contribution in [0.2, 0.25) is 36.3 Å². The van der Waals surface area contributed by atoms with Gasteiger partial charge in [0.1, 0.15) is 8.07 Å². The van der Waals surface area contributed by atoms with Gasteiger partial charge in [0.15, 0.2) is 19.8 Å². The Hall–Kier alpha value is -0.996. The Bertz CT molecular complexity index is 599. The van der Waals surface area contributed by atoms with Crippen molar-refractivity contribution in [3.8, 4) is 0 Å². The lowest BCUT2D eigenvalue weighted by molar-refractivity contribution is -0.156. The van der Waals surface area contributed by atoms with Crippen molar-refractivity contribution in [1.29, 1.82) is 0 Å². The smallest absolute Gasteiger partial charge is 0.306 e. The maximum atomic E-state index is 13.4. The van der Waals surface area contributed by atoms with E-state index in [-0.39, 0.29) is 40.8 Å². The highest BCUT2D eigenvalue weighted by molar-refractivity contribution is 7.06. The molecule has 0 heterocycles. The molecule has 0 radical (unpaired) electrons. The second-order valence-corrected chi connectivity index (χ2v) is 21.2. The van der Waals surface area contributed by atoms with E-state index in [2.05, 4.69) is 33.9 Å². The van der Waals surface area contributed by atoms with Crippen LogP contribution >= 0.6 is 0 Å². The van der Waals surface area contributed by atoms with Crippen LogP contribution in [0.1, 0.15) is 61.3 Å². The molecule has 6 nitrogen and oxygen atoms in total. The van der Waals surface area contributed by atoms with Crippen LogP contribution in [-0.4, -0.2) is 51.6 Å². The lowest BCUT2D eigenvalue weighted by Crippen LogP contribution is -2.55. The van der Waals surface area contributed by atoms with Gasteiger partial charge in [-0.15, -0.1) is 0 Å². The molecule has 29 heavy (non-hydrogen) atoms. The molecular weight excluding hydrogens is 404 g/mol. The van der Waals surface area contributed by atoms with Crippen LogP contribution < -0.4 is 0 Å². The third-order valence-electron chi connectivity index (χ3n) is 6.50. The van der Waals surface area contributed by atoms with Crippen LogP contribution in [0.25, 0.3) is 0 Å². The minimum Gasteiger partial charge on any atom is -0.481 e. The molecule has 0 aromatic carbocycles. The minimum absolute atomic E-state index is 0.0302. The number of esters is 1. The Kier molecular flexibility index (Phi) is 9.53. The summed E-state index contributed by atoms with van der Waals surface area (Å²) in [7, 11) is -4.55. The van der Waals surface area contributed by atoms with Crippen molar-refractivity contribution in [3.05, 3.63) is 0 Å². The molecule has 0 spiro atoms. The van der Waals surface area contributed by atoms with E-state index in [9.17, 15) is 14.4 Å². The van der Waals surface area contributed by atoms with Crippen molar-refractivity contribution in [1.82, 2.24) is 0 Å². The minimum atomic E-state index is -2.42. The SMILES string of the molecule is CC(CC(=O)O)CC(=O)OC(CO[Si](C)(C)C(C)(C)C)C(=O)[Si](C)(C)C(C)(C)C. The van der Waals surface area contributed by atoms with Gasteiger partial charge in [-0.2, -0.15) is 0 Å². The largest absolute Gasteiger partial charge is 0.481 e. The first-order valence-corrected chi connectivity index (χ1v) is 16.2. The molecule has 0 rings (SSSR count). The molecule has 2 unspecified atom stereocenters. The molecule has 2 atom stereocenters. The van der Waals surface area contributed by atoms with E-state index in [1.165, 1.54) is 0 Å². The van der Waals surface area contributed by atoms with E-state index in [4.69, 9.17) is 14.3 Å². The number of carbonyl (C=O) groups excluding carboxylic acids is 2. The summed E-state index contributed by atoms with van der Waals surface area (Å²) in [5.41, 5.74) is 0. The Morgan fingerprint density at radius 3 is 1.76 bits per heavy atom. The molecule has 0 aliphatic heterocycles. The van der Waals surface area contributed by atoms with E-state index >= 15 is 0 Å². The van der Waals surface area contributed by atoms with Crippen molar-refractivity contribution in [2.45, 2.75) is 104 Å². The highest BCUT2D eigenvalue weighted by atomic mass is 28.4. The van der Waals surface area contributed by atoms with Gasteiger partial charge in [0.25, 0.3) is 0 Å². The van der Waals surface area contributed by atoms with Gasteiger partial charge in [0, 0.05) is 12.8 Å². The van der Waals surface area contributed by atoms with Crippen molar-refractivity contribution in [2.75, 3.05) is 6.61 Å². The monoisotopic (exact) mass is 446 g/mol. The number of carboxylic acids is 1. The zero-order valence-corrected chi connectivity index (χ0v) is 22.3. The van der Waals surface area contributed by atoms with Crippen molar-refractivity contribution >= 4 is 33.7 Å². The first kappa shape index (κ1) is 28.0. The predicted molar refractivity (Wildman–Crippen MR) is 121 cm³/mol. The molecule has 8 heteroatoms. The van der Waals surface area contributed by atoms with Crippen LogP contribution in [0.15, 0.2) is 0 Å². The van der Waals surface area contributed by atoms with Gasteiger partial charge in [-0.3, -0.25) is 9.59 Å². The Labute approximate surface area is 178 Å². The van der Waals surface area contributed by atoms with Crippen molar-refractivity contribution in [2.24, 2.45) is 5.92 Å². The summed E-state index contributed by atoms with van der Waals surface area (Å²) in [6.07, 6.45) is -1.10. The quantitative estimate of drug-likeness (QED) is 0.373. The second-order valence-electron chi connectivity index (χ2n) is 11.2. The molecule has 0 bridgehead atoms. The normalized spacial score (nSPS) is 15.6. The molecule has 170 valence electrons. The fourth-order valence-corrected chi connectivity index (χ4v) is 4.98. The summed E-state index contributed by atoms with van der Waals surface area (Å²) in [6.45, 7) is 22.4. The van der Waals surface area contributed by atoms with Gasteiger partial charge in [-0.25, -0.2) is 0 Å². The summed E-state index contributed by atoms with van der Waals surface area (Å²) in [4.78, 5) is 36.7. The van der Waals surface area contributed by atoms with Crippen LogP contribution in [0.5, 0.6) is 0 Å². The lowest BCUT2D eigenvalue weighted by Gasteiger charge is -2.40. The molecule has 0 aromatic rings. The average Bonchev–Trinajstić information content (AvgIpc) is 2.47. The number of carboxylic acid groups (broad SMARTS) is 1. The van der Waals surface area contributed by atoms with Gasteiger partial charge in [0.05, 0.1) is 6.61 Å². The number of ether oxygens (including phenoxy) is 1. The number of rotatable bonds is 10.